The number of rotatable bonds is 5. The van der Waals surface area contributed by atoms with Gasteiger partial charge in [0.05, 0.1) is 12.1 Å². The summed E-state index contributed by atoms with van der Waals surface area (Å²) in [5.74, 6) is 2.42. The van der Waals surface area contributed by atoms with Crippen molar-refractivity contribution in [1.29, 1.82) is 0 Å². The van der Waals surface area contributed by atoms with Crippen molar-refractivity contribution in [3.8, 4) is 0 Å². The number of halogens is 1. The number of hydrogen-bond donors (Lipinski definition) is 0. The van der Waals surface area contributed by atoms with Gasteiger partial charge in [-0.05, 0) is 55.9 Å². The van der Waals surface area contributed by atoms with Gasteiger partial charge in [-0.3, -0.25) is 14.6 Å². The number of aromatic nitrogens is 2. The van der Waals surface area contributed by atoms with Crippen LogP contribution in [0.1, 0.15) is 59.2 Å². The minimum Gasteiger partial charge on any atom is -0.317 e. The third-order valence-electron chi connectivity index (χ3n) is 7.32. The summed E-state index contributed by atoms with van der Waals surface area (Å²) in [7, 11) is 0. The molecule has 0 spiro atoms. The average Bonchev–Trinajstić information content (AvgIpc) is 3.51. The van der Waals surface area contributed by atoms with Gasteiger partial charge in [-0.15, -0.1) is 0 Å². The minimum atomic E-state index is -0.0162. The van der Waals surface area contributed by atoms with Crippen molar-refractivity contribution in [1.82, 2.24) is 14.5 Å². The lowest BCUT2D eigenvalue weighted by Gasteiger charge is -2.35. The first kappa shape index (κ1) is 21.4. The van der Waals surface area contributed by atoms with Gasteiger partial charge in [0, 0.05) is 24.5 Å². The minimum absolute atomic E-state index is 0.0162. The molecule has 0 N–H and O–H groups in total. The van der Waals surface area contributed by atoms with Gasteiger partial charge in [0.1, 0.15) is 5.82 Å². The predicted octanol–water partition coefficient (Wildman–Crippen LogP) is 5.06. The second-order valence-corrected chi connectivity index (χ2v) is 9.85. The number of aryl methyl sites for hydroxylation is 1. The maximum absolute atomic E-state index is 13.8. The fourth-order valence-electron chi connectivity index (χ4n) is 5.55. The maximum atomic E-state index is 13.8. The quantitative estimate of drug-likeness (QED) is 0.520. The second kappa shape index (κ2) is 8.27. The van der Waals surface area contributed by atoms with Crippen LogP contribution in [0.2, 0.25) is 5.02 Å². The first-order valence-electron chi connectivity index (χ1n) is 12.1. The van der Waals surface area contributed by atoms with Crippen molar-refractivity contribution in [3.63, 3.8) is 0 Å². The summed E-state index contributed by atoms with van der Waals surface area (Å²) in [6.07, 6.45) is 3.97. The molecule has 6 rings (SSSR count). The van der Waals surface area contributed by atoms with Gasteiger partial charge < -0.3 is 4.57 Å². The van der Waals surface area contributed by atoms with Crippen LogP contribution in [0, 0.1) is 6.92 Å². The summed E-state index contributed by atoms with van der Waals surface area (Å²) in [4.78, 5) is 28.0. The molecular weight excluding hydrogens is 446 g/mol. The van der Waals surface area contributed by atoms with E-state index in [1.165, 1.54) is 5.56 Å². The summed E-state index contributed by atoms with van der Waals surface area (Å²) < 4.78 is 2.10. The Labute approximate surface area is 204 Å². The van der Waals surface area contributed by atoms with E-state index in [2.05, 4.69) is 27.7 Å². The molecule has 34 heavy (non-hydrogen) atoms. The normalized spacial score (nSPS) is 20.9. The number of aliphatic imine (C=N–C) groups is 1. The Bertz CT molecular complexity index is 1300. The summed E-state index contributed by atoms with van der Waals surface area (Å²) in [6, 6.07) is 17.0. The SMILES string of the molecule is CCN1C(=O)c2c(nc(Cc3ccccc3)n2Cc2ccc(C)c(Cl)c2)N2C1=N[C@@H]1CCC[C@@H]12. The van der Waals surface area contributed by atoms with E-state index in [9.17, 15) is 4.79 Å². The first-order valence-corrected chi connectivity index (χ1v) is 12.5. The molecule has 7 heteroatoms. The van der Waals surface area contributed by atoms with Gasteiger partial charge in [0.2, 0.25) is 5.96 Å². The van der Waals surface area contributed by atoms with E-state index in [-0.39, 0.29) is 18.0 Å². The lowest BCUT2D eigenvalue weighted by Crippen LogP contribution is -2.53. The molecule has 174 valence electrons. The number of hydrogen-bond acceptors (Lipinski definition) is 4. The lowest BCUT2D eigenvalue weighted by atomic mass is 10.1. The van der Waals surface area contributed by atoms with Gasteiger partial charge in [-0.2, -0.15) is 0 Å². The van der Waals surface area contributed by atoms with Crippen LogP contribution >= 0.6 is 11.6 Å². The molecule has 3 heterocycles. The smallest absolute Gasteiger partial charge is 0.281 e. The average molecular weight is 474 g/mol. The molecule has 0 radical (unpaired) electrons. The van der Waals surface area contributed by atoms with E-state index in [1.54, 1.807) is 0 Å². The molecule has 3 aliphatic rings. The summed E-state index contributed by atoms with van der Waals surface area (Å²) >= 11 is 6.45. The standard InChI is InChI=1S/C27H28ClN5O/c1-3-31-26(34)24-25(33-22-11-7-10-21(22)29-27(31)33)30-23(15-18-8-5-4-6-9-18)32(24)16-19-13-12-17(2)20(28)14-19/h4-6,8-9,12-14,21-22H,3,7,10-11,15-16H2,1-2H3/t21-,22+/m1/s1. The highest BCUT2D eigenvalue weighted by Crippen LogP contribution is 2.41. The van der Waals surface area contributed by atoms with Crippen molar-refractivity contribution in [2.24, 2.45) is 4.99 Å². The molecule has 2 atom stereocenters. The highest BCUT2D eigenvalue weighted by molar-refractivity contribution is 6.31. The molecular formula is C27H28ClN5O. The van der Waals surface area contributed by atoms with Gasteiger partial charge >= 0.3 is 0 Å². The lowest BCUT2D eigenvalue weighted by molar-refractivity contribution is 0.0835. The largest absolute Gasteiger partial charge is 0.317 e. The zero-order valence-corrected chi connectivity index (χ0v) is 20.3. The number of fused-ring (bicyclic) bond motifs is 5. The van der Waals surface area contributed by atoms with Gasteiger partial charge in [0.15, 0.2) is 11.5 Å². The Morgan fingerprint density at radius 2 is 1.91 bits per heavy atom. The Morgan fingerprint density at radius 1 is 1.09 bits per heavy atom. The van der Waals surface area contributed by atoms with Crippen molar-refractivity contribution < 1.29 is 4.79 Å². The maximum Gasteiger partial charge on any atom is 0.281 e. The van der Waals surface area contributed by atoms with Crippen LogP contribution in [0.25, 0.3) is 0 Å². The molecule has 6 nitrogen and oxygen atoms in total. The number of guanidine groups is 1. The van der Waals surface area contributed by atoms with Gasteiger partial charge in [0.25, 0.3) is 5.91 Å². The number of imidazole rings is 1. The molecule has 1 amide bonds. The number of amides is 1. The Balaban J connectivity index is 1.51. The Morgan fingerprint density at radius 3 is 2.68 bits per heavy atom. The first-order chi connectivity index (χ1) is 16.5. The van der Waals surface area contributed by atoms with Crippen molar-refractivity contribution in [2.45, 2.75) is 58.2 Å². The van der Waals surface area contributed by atoms with Crippen LogP contribution in [-0.4, -0.2) is 44.9 Å². The number of benzene rings is 2. The third-order valence-corrected chi connectivity index (χ3v) is 7.72. The van der Waals surface area contributed by atoms with E-state index in [0.717, 1.165) is 53.0 Å². The molecule has 1 saturated carbocycles. The zero-order chi connectivity index (χ0) is 23.4. The van der Waals surface area contributed by atoms with Crippen LogP contribution in [0.3, 0.4) is 0 Å². The molecule has 3 aromatic rings. The summed E-state index contributed by atoms with van der Waals surface area (Å²) in [5, 5.41) is 0.736. The van der Waals surface area contributed by atoms with E-state index >= 15 is 0 Å². The molecule has 2 aromatic carbocycles. The number of nitrogens with zero attached hydrogens (tertiary/aromatic N) is 5. The summed E-state index contributed by atoms with van der Waals surface area (Å²) in [6.45, 7) is 5.15. The molecule has 1 aliphatic carbocycles. The Hall–Kier alpha value is -3.12. The van der Waals surface area contributed by atoms with Gasteiger partial charge in [-0.25, -0.2) is 9.98 Å². The third kappa shape index (κ3) is 3.35. The highest BCUT2D eigenvalue weighted by Gasteiger charge is 2.49. The molecule has 2 aliphatic heterocycles. The number of anilines is 1. The van der Waals surface area contributed by atoms with E-state index < -0.39 is 0 Å². The number of carbonyl (C=O) groups is 1. The summed E-state index contributed by atoms with van der Waals surface area (Å²) in [5.41, 5.74) is 3.93. The molecule has 1 aromatic heterocycles. The van der Waals surface area contributed by atoms with Crippen molar-refractivity contribution in [2.75, 3.05) is 11.4 Å². The van der Waals surface area contributed by atoms with Crippen molar-refractivity contribution in [3.05, 3.63) is 81.8 Å². The van der Waals surface area contributed by atoms with E-state index in [0.29, 0.717) is 25.2 Å². The molecule has 0 saturated heterocycles. The van der Waals surface area contributed by atoms with Crippen LogP contribution in [0.5, 0.6) is 0 Å². The monoisotopic (exact) mass is 473 g/mol. The molecule has 0 bridgehead atoms. The van der Waals surface area contributed by atoms with E-state index in [1.807, 2.05) is 49.1 Å². The fraction of sp³-hybridized carbons (Fsp3) is 0.370. The topological polar surface area (TPSA) is 53.7 Å². The van der Waals surface area contributed by atoms with Crippen LogP contribution in [0.15, 0.2) is 53.5 Å². The van der Waals surface area contributed by atoms with Crippen molar-refractivity contribution >= 4 is 29.3 Å². The van der Waals surface area contributed by atoms with E-state index in [4.69, 9.17) is 21.6 Å². The number of carbonyl (C=O) groups excluding carboxylic acids is 1. The second-order valence-electron chi connectivity index (χ2n) is 9.45. The molecule has 0 unspecified atom stereocenters. The van der Waals surface area contributed by atoms with Crippen LogP contribution in [-0.2, 0) is 13.0 Å². The Kier molecular flexibility index (Phi) is 5.21. The van der Waals surface area contributed by atoms with Crippen LogP contribution in [0.4, 0.5) is 5.82 Å². The predicted molar refractivity (Wildman–Crippen MR) is 135 cm³/mol. The fourth-order valence-corrected chi connectivity index (χ4v) is 5.76. The van der Waals surface area contributed by atoms with Crippen LogP contribution < -0.4 is 4.90 Å². The van der Waals surface area contributed by atoms with Gasteiger partial charge in [-0.1, -0.05) is 54.1 Å². The molecule has 1 fully saturated rings. The highest BCUT2D eigenvalue weighted by atomic mass is 35.5. The zero-order valence-electron chi connectivity index (χ0n) is 19.5.